The highest BCUT2D eigenvalue weighted by Crippen LogP contribution is 2.27. The number of benzene rings is 1. The van der Waals surface area contributed by atoms with Crippen molar-refractivity contribution in [3.63, 3.8) is 0 Å². The predicted octanol–water partition coefficient (Wildman–Crippen LogP) is 2.23. The van der Waals surface area contributed by atoms with Crippen molar-refractivity contribution in [1.82, 2.24) is 0 Å². The summed E-state index contributed by atoms with van der Waals surface area (Å²) in [5.41, 5.74) is 2.23. The zero-order valence-electron chi connectivity index (χ0n) is 10.9. The molecule has 0 aromatic heterocycles. The Morgan fingerprint density at radius 2 is 2.11 bits per heavy atom. The first kappa shape index (κ1) is 14.0. The Morgan fingerprint density at radius 1 is 1.39 bits per heavy atom. The largest absolute Gasteiger partial charge is 0.495 e. The third-order valence-electron chi connectivity index (χ3n) is 2.68. The maximum atomic E-state index is 11.5. The molecule has 1 aromatic rings. The third-order valence-corrected chi connectivity index (χ3v) is 2.68. The SMILES string of the molecule is CCOC(=O)Cc1ccc(C#N)c(OC)c1CC. The summed E-state index contributed by atoms with van der Waals surface area (Å²) in [7, 11) is 1.53. The molecule has 0 aliphatic heterocycles. The van der Waals surface area contributed by atoms with Crippen LogP contribution < -0.4 is 4.74 Å². The molecule has 0 aliphatic carbocycles. The minimum absolute atomic E-state index is 0.207. The van der Waals surface area contributed by atoms with Gasteiger partial charge in [-0.2, -0.15) is 5.26 Å². The molecule has 0 aliphatic rings. The molecule has 1 rings (SSSR count). The van der Waals surface area contributed by atoms with Crippen LogP contribution in [-0.2, 0) is 22.4 Å². The number of ether oxygens (including phenoxy) is 2. The lowest BCUT2D eigenvalue weighted by Crippen LogP contribution is -2.10. The van der Waals surface area contributed by atoms with Gasteiger partial charge in [0.25, 0.3) is 0 Å². The average Bonchev–Trinajstić information content (AvgIpc) is 2.38. The topological polar surface area (TPSA) is 59.3 Å². The fourth-order valence-corrected chi connectivity index (χ4v) is 1.91. The first-order chi connectivity index (χ1) is 8.67. The van der Waals surface area contributed by atoms with Crippen LogP contribution in [0.1, 0.15) is 30.5 Å². The molecule has 0 heterocycles. The zero-order valence-corrected chi connectivity index (χ0v) is 10.9. The van der Waals surface area contributed by atoms with E-state index in [0.29, 0.717) is 24.3 Å². The Kier molecular flexibility index (Phi) is 5.19. The van der Waals surface area contributed by atoms with Crippen LogP contribution in [0.3, 0.4) is 0 Å². The van der Waals surface area contributed by atoms with E-state index in [1.165, 1.54) is 7.11 Å². The molecule has 0 N–H and O–H groups in total. The summed E-state index contributed by atoms with van der Waals surface area (Å²) < 4.78 is 10.2. The second-order valence-corrected chi connectivity index (χ2v) is 3.73. The normalized spacial score (nSPS) is 9.67. The van der Waals surface area contributed by atoms with E-state index in [0.717, 1.165) is 11.1 Å². The van der Waals surface area contributed by atoms with Crippen molar-refractivity contribution in [3.05, 3.63) is 28.8 Å². The van der Waals surface area contributed by atoms with E-state index in [1.54, 1.807) is 19.1 Å². The summed E-state index contributed by atoms with van der Waals surface area (Å²) in [6, 6.07) is 5.55. The lowest BCUT2D eigenvalue weighted by molar-refractivity contribution is -0.142. The summed E-state index contributed by atoms with van der Waals surface area (Å²) in [4.78, 5) is 11.5. The fraction of sp³-hybridized carbons (Fsp3) is 0.429. The van der Waals surface area contributed by atoms with Gasteiger partial charge in [-0.3, -0.25) is 4.79 Å². The summed E-state index contributed by atoms with van der Waals surface area (Å²) in [5, 5.41) is 9.00. The number of methoxy groups -OCH3 is 1. The Hall–Kier alpha value is -2.02. The summed E-state index contributed by atoms with van der Waals surface area (Å²) in [6.45, 7) is 4.11. The summed E-state index contributed by atoms with van der Waals surface area (Å²) >= 11 is 0. The molecular weight excluding hydrogens is 230 g/mol. The van der Waals surface area contributed by atoms with Gasteiger partial charge in [-0.1, -0.05) is 13.0 Å². The van der Waals surface area contributed by atoms with Crippen molar-refractivity contribution in [2.24, 2.45) is 0 Å². The lowest BCUT2D eigenvalue weighted by Gasteiger charge is -2.13. The first-order valence-electron chi connectivity index (χ1n) is 5.92. The molecule has 4 nitrogen and oxygen atoms in total. The Balaban J connectivity index is 3.13. The average molecular weight is 247 g/mol. The number of carbonyl (C=O) groups excluding carboxylic acids is 1. The molecule has 0 bridgehead atoms. The van der Waals surface area contributed by atoms with Crippen LogP contribution in [0, 0.1) is 11.3 Å². The highest BCUT2D eigenvalue weighted by molar-refractivity contribution is 5.74. The fourth-order valence-electron chi connectivity index (χ4n) is 1.91. The number of carbonyl (C=O) groups is 1. The van der Waals surface area contributed by atoms with E-state index in [1.807, 2.05) is 6.92 Å². The number of rotatable bonds is 5. The van der Waals surface area contributed by atoms with E-state index in [4.69, 9.17) is 14.7 Å². The molecule has 0 spiro atoms. The van der Waals surface area contributed by atoms with Gasteiger partial charge in [-0.15, -0.1) is 0 Å². The second kappa shape index (κ2) is 6.65. The van der Waals surface area contributed by atoms with Gasteiger partial charge in [0.2, 0.25) is 0 Å². The minimum atomic E-state index is -0.265. The number of hydrogen-bond acceptors (Lipinski definition) is 4. The molecule has 0 radical (unpaired) electrons. The van der Waals surface area contributed by atoms with E-state index in [9.17, 15) is 4.79 Å². The van der Waals surface area contributed by atoms with Crippen molar-refractivity contribution in [3.8, 4) is 11.8 Å². The van der Waals surface area contributed by atoms with E-state index < -0.39 is 0 Å². The maximum Gasteiger partial charge on any atom is 0.310 e. The second-order valence-electron chi connectivity index (χ2n) is 3.73. The first-order valence-corrected chi connectivity index (χ1v) is 5.92. The molecule has 0 fully saturated rings. The van der Waals surface area contributed by atoms with Crippen molar-refractivity contribution in [2.75, 3.05) is 13.7 Å². The standard InChI is InChI=1S/C14H17NO3/c1-4-12-10(8-13(16)18-5-2)6-7-11(9-15)14(12)17-3/h6-7H,4-5,8H2,1-3H3. The van der Waals surface area contributed by atoms with Crippen molar-refractivity contribution >= 4 is 5.97 Å². The molecule has 0 unspecified atom stereocenters. The molecule has 0 saturated heterocycles. The van der Waals surface area contributed by atoms with Gasteiger partial charge in [0.1, 0.15) is 11.8 Å². The van der Waals surface area contributed by atoms with E-state index >= 15 is 0 Å². The van der Waals surface area contributed by atoms with Crippen LogP contribution in [0.15, 0.2) is 12.1 Å². The predicted molar refractivity (Wildman–Crippen MR) is 67.4 cm³/mol. The van der Waals surface area contributed by atoms with Crippen LogP contribution in [0.4, 0.5) is 0 Å². The quantitative estimate of drug-likeness (QED) is 0.749. The lowest BCUT2D eigenvalue weighted by atomic mass is 9.98. The van der Waals surface area contributed by atoms with Crippen molar-refractivity contribution < 1.29 is 14.3 Å². The molecule has 0 atom stereocenters. The number of nitrogens with zero attached hydrogens (tertiary/aromatic N) is 1. The van der Waals surface area contributed by atoms with Crippen molar-refractivity contribution in [2.45, 2.75) is 26.7 Å². The van der Waals surface area contributed by atoms with Gasteiger partial charge in [0.05, 0.1) is 25.7 Å². The van der Waals surface area contributed by atoms with Gasteiger partial charge >= 0.3 is 5.97 Å². The number of esters is 1. The minimum Gasteiger partial charge on any atom is -0.495 e. The molecular formula is C14H17NO3. The smallest absolute Gasteiger partial charge is 0.310 e. The number of hydrogen-bond donors (Lipinski definition) is 0. The molecule has 4 heteroatoms. The highest BCUT2D eigenvalue weighted by Gasteiger charge is 2.15. The molecule has 0 saturated carbocycles. The number of nitriles is 1. The maximum absolute atomic E-state index is 11.5. The van der Waals surface area contributed by atoms with E-state index in [2.05, 4.69) is 6.07 Å². The van der Waals surface area contributed by atoms with Crippen LogP contribution in [-0.4, -0.2) is 19.7 Å². The molecule has 18 heavy (non-hydrogen) atoms. The van der Waals surface area contributed by atoms with Gasteiger partial charge in [0.15, 0.2) is 0 Å². The Labute approximate surface area is 107 Å². The van der Waals surface area contributed by atoms with Crippen LogP contribution >= 0.6 is 0 Å². The van der Waals surface area contributed by atoms with Gasteiger partial charge < -0.3 is 9.47 Å². The highest BCUT2D eigenvalue weighted by atomic mass is 16.5. The Bertz CT molecular complexity index is 475. The molecule has 96 valence electrons. The monoisotopic (exact) mass is 247 g/mol. The molecule has 1 aromatic carbocycles. The van der Waals surface area contributed by atoms with E-state index in [-0.39, 0.29) is 12.4 Å². The zero-order chi connectivity index (χ0) is 13.5. The van der Waals surface area contributed by atoms with Crippen molar-refractivity contribution in [1.29, 1.82) is 5.26 Å². The van der Waals surface area contributed by atoms with Gasteiger partial charge in [-0.05, 0) is 30.5 Å². The van der Waals surface area contributed by atoms with Crippen LogP contribution in [0.2, 0.25) is 0 Å². The van der Waals surface area contributed by atoms with Gasteiger partial charge in [-0.25, -0.2) is 0 Å². The third kappa shape index (κ3) is 3.01. The van der Waals surface area contributed by atoms with Crippen LogP contribution in [0.5, 0.6) is 5.75 Å². The Morgan fingerprint density at radius 3 is 2.61 bits per heavy atom. The summed E-state index contributed by atoms with van der Waals surface area (Å²) in [6.07, 6.45) is 0.909. The van der Waals surface area contributed by atoms with Gasteiger partial charge in [0, 0.05) is 0 Å². The summed E-state index contributed by atoms with van der Waals surface area (Å²) in [5.74, 6) is 0.292. The van der Waals surface area contributed by atoms with Crippen LogP contribution in [0.25, 0.3) is 0 Å². The molecule has 0 amide bonds.